The Morgan fingerprint density at radius 2 is 2.15 bits per heavy atom. The molecule has 0 saturated carbocycles. The Morgan fingerprint density at radius 1 is 1.24 bits per heavy atom. The van der Waals surface area contributed by atoms with E-state index in [0.717, 1.165) is 17.1 Å². The van der Waals surface area contributed by atoms with Crippen molar-refractivity contribution in [1.82, 2.24) is 24.7 Å². The van der Waals surface area contributed by atoms with E-state index in [9.17, 15) is 9.18 Å². The van der Waals surface area contributed by atoms with Gasteiger partial charge in [-0.3, -0.25) is 4.79 Å². The maximum absolute atomic E-state index is 13.2. The van der Waals surface area contributed by atoms with Crippen molar-refractivity contribution in [2.24, 2.45) is 5.16 Å². The average molecular weight is 460 g/mol. The van der Waals surface area contributed by atoms with E-state index < -0.39 is 5.95 Å². The number of fused-ring (bicyclic) bond motifs is 1. The molecule has 5 heterocycles. The molecule has 9 nitrogen and oxygen atoms in total. The molecule has 5 rings (SSSR count). The normalized spacial score (nSPS) is 15.1. The highest BCUT2D eigenvalue weighted by Gasteiger charge is 2.23. The molecule has 0 aromatic carbocycles. The fourth-order valence-corrected chi connectivity index (χ4v) is 3.58. The number of halogens is 1. The van der Waals surface area contributed by atoms with Crippen LogP contribution in [0.1, 0.15) is 22.5 Å². The van der Waals surface area contributed by atoms with Crippen molar-refractivity contribution in [2.75, 3.05) is 13.2 Å². The van der Waals surface area contributed by atoms with Gasteiger partial charge in [0.15, 0.2) is 6.10 Å². The van der Waals surface area contributed by atoms with Crippen molar-refractivity contribution in [3.8, 4) is 17.0 Å². The highest BCUT2D eigenvalue weighted by atomic mass is 19.1. The molecule has 10 heteroatoms. The molecule has 0 fully saturated rings. The van der Waals surface area contributed by atoms with Crippen LogP contribution in [0.5, 0.6) is 5.75 Å². The Hall–Kier alpha value is -4.34. The average Bonchev–Trinajstić information content (AvgIpc) is 3.51. The molecule has 0 bridgehead atoms. The molecule has 4 aromatic heterocycles. The zero-order valence-electron chi connectivity index (χ0n) is 18.3. The summed E-state index contributed by atoms with van der Waals surface area (Å²) in [7, 11) is 0. The number of aromatic nitrogens is 4. The molecule has 1 N–H and O–H groups in total. The summed E-state index contributed by atoms with van der Waals surface area (Å²) in [4.78, 5) is 30.3. The number of carbonyl (C=O) groups is 1. The molecule has 34 heavy (non-hydrogen) atoms. The van der Waals surface area contributed by atoms with Gasteiger partial charge < -0.3 is 19.3 Å². The summed E-state index contributed by atoms with van der Waals surface area (Å²) in [6.07, 6.45) is 6.83. The van der Waals surface area contributed by atoms with Crippen LogP contribution in [0.3, 0.4) is 0 Å². The first-order valence-corrected chi connectivity index (χ1v) is 10.7. The molecule has 1 atom stereocenters. The van der Waals surface area contributed by atoms with E-state index in [1.807, 2.05) is 19.1 Å². The van der Waals surface area contributed by atoms with Crippen molar-refractivity contribution in [3.05, 3.63) is 78.4 Å². The van der Waals surface area contributed by atoms with E-state index >= 15 is 0 Å². The Balaban J connectivity index is 1.15. The van der Waals surface area contributed by atoms with Crippen molar-refractivity contribution >= 4 is 17.3 Å². The number of nitrogens with zero attached hydrogens (tertiary/aromatic N) is 5. The number of carbonyl (C=O) groups excluding carboxylic acids is 1. The summed E-state index contributed by atoms with van der Waals surface area (Å²) in [5.41, 5.74) is 4.05. The summed E-state index contributed by atoms with van der Waals surface area (Å²) < 4.78 is 21.0. The summed E-state index contributed by atoms with van der Waals surface area (Å²) in [5, 5.41) is 6.94. The first-order chi connectivity index (χ1) is 16.5. The summed E-state index contributed by atoms with van der Waals surface area (Å²) >= 11 is 0. The summed E-state index contributed by atoms with van der Waals surface area (Å²) in [5.74, 6) is -0.224. The lowest BCUT2D eigenvalue weighted by molar-refractivity contribution is 0.0471. The van der Waals surface area contributed by atoms with Crippen molar-refractivity contribution in [2.45, 2.75) is 19.4 Å². The molecule has 0 aliphatic carbocycles. The van der Waals surface area contributed by atoms with Gasteiger partial charge in [0.2, 0.25) is 5.95 Å². The number of hydrogen-bond acceptors (Lipinski definition) is 7. The molecule has 1 unspecified atom stereocenters. The quantitative estimate of drug-likeness (QED) is 0.425. The van der Waals surface area contributed by atoms with Gasteiger partial charge >= 0.3 is 0 Å². The molecule has 0 saturated heterocycles. The smallest absolute Gasteiger partial charge is 0.253 e. The van der Waals surface area contributed by atoms with E-state index in [1.54, 1.807) is 41.2 Å². The van der Waals surface area contributed by atoms with Crippen LogP contribution < -0.4 is 10.1 Å². The largest absolute Gasteiger partial charge is 0.487 e. The van der Waals surface area contributed by atoms with E-state index in [4.69, 9.17) is 9.57 Å². The lowest BCUT2D eigenvalue weighted by Gasteiger charge is -2.14. The Morgan fingerprint density at radius 3 is 3.00 bits per heavy atom. The molecule has 1 aliphatic rings. The summed E-state index contributed by atoms with van der Waals surface area (Å²) in [6, 6.07) is 10.1. The van der Waals surface area contributed by atoms with E-state index in [2.05, 4.69) is 25.4 Å². The summed E-state index contributed by atoms with van der Waals surface area (Å²) in [6.45, 7) is 2.38. The number of hydrogen-bond donors (Lipinski definition) is 1. The first kappa shape index (κ1) is 21.5. The van der Waals surface area contributed by atoms with Gasteiger partial charge in [-0.2, -0.15) is 4.39 Å². The Bertz CT molecular complexity index is 1370. The van der Waals surface area contributed by atoms with Crippen LogP contribution >= 0.6 is 0 Å². The third kappa shape index (κ3) is 4.70. The third-order valence-electron chi connectivity index (χ3n) is 5.32. The van der Waals surface area contributed by atoms with Crippen molar-refractivity contribution in [3.63, 3.8) is 0 Å². The monoisotopic (exact) mass is 460 g/mol. The number of amides is 1. The van der Waals surface area contributed by atoms with E-state index in [1.165, 1.54) is 12.3 Å². The zero-order valence-corrected chi connectivity index (χ0v) is 18.3. The van der Waals surface area contributed by atoms with Gasteiger partial charge in [-0.05, 0) is 43.3 Å². The second kappa shape index (κ2) is 9.26. The van der Waals surface area contributed by atoms with Crippen LogP contribution in [0.15, 0.2) is 66.3 Å². The maximum Gasteiger partial charge on any atom is 0.253 e. The number of nitrogens with one attached hydrogen (secondary N) is 1. The van der Waals surface area contributed by atoms with Gasteiger partial charge in [0.05, 0.1) is 17.8 Å². The minimum atomic E-state index is -0.558. The standard InChI is InChI=1S/C24H21FN6O3/c1-15-2-5-20(23(29-15)16-3-6-21(25)27-11-16)33-14-19-10-18(30-34-19)12-28-24(32)17-4-7-22-26-8-9-31(22)13-17/h2-9,11,13,19H,10,12,14H2,1H3,(H,28,32). The highest BCUT2D eigenvalue weighted by Crippen LogP contribution is 2.28. The van der Waals surface area contributed by atoms with Crippen LogP contribution in [0.2, 0.25) is 0 Å². The second-order valence-corrected chi connectivity index (χ2v) is 7.86. The van der Waals surface area contributed by atoms with Gasteiger partial charge in [-0.15, -0.1) is 0 Å². The number of ether oxygens (including phenoxy) is 1. The predicted octanol–water partition coefficient (Wildman–Crippen LogP) is 3.19. The van der Waals surface area contributed by atoms with Crippen LogP contribution in [-0.2, 0) is 4.84 Å². The van der Waals surface area contributed by atoms with Gasteiger partial charge in [-0.25, -0.2) is 15.0 Å². The Labute approximate surface area is 194 Å². The molecular formula is C24H21FN6O3. The minimum Gasteiger partial charge on any atom is -0.487 e. The van der Waals surface area contributed by atoms with Gasteiger partial charge in [0.1, 0.15) is 23.7 Å². The third-order valence-corrected chi connectivity index (χ3v) is 5.32. The lowest BCUT2D eigenvalue weighted by atomic mass is 10.1. The van der Waals surface area contributed by atoms with E-state index in [-0.39, 0.29) is 25.2 Å². The molecule has 0 spiro atoms. The molecule has 0 radical (unpaired) electrons. The minimum absolute atomic E-state index is 0.207. The Kier molecular flexibility index (Phi) is 5.86. The van der Waals surface area contributed by atoms with E-state index in [0.29, 0.717) is 29.0 Å². The van der Waals surface area contributed by atoms with Crippen LogP contribution in [0.4, 0.5) is 4.39 Å². The van der Waals surface area contributed by atoms with Crippen LogP contribution in [-0.4, -0.2) is 50.2 Å². The molecule has 172 valence electrons. The molecule has 1 amide bonds. The SMILES string of the molecule is Cc1ccc(OCC2CC(CNC(=O)c3ccc4nccn4c3)=NO2)c(-c2ccc(F)nc2)n1. The fraction of sp³-hybridized carbons (Fsp3) is 0.208. The predicted molar refractivity (Wildman–Crippen MR) is 122 cm³/mol. The number of oxime groups is 1. The van der Waals surface area contributed by atoms with Crippen LogP contribution in [0, 0.1) is 12.9 Å². The lowest BCUT2D eigenvalue weighted by Crippen LogP contribution is -2.30. The number of aryl methyl sites for hydroxylation is 1. The highest BCUT2D eigenvalue weighted by molar-refractivity contribution is 5.98. The molecule has 4 aromatic rings. The molecule has 1 aliphatic heterocycles. The van der Waals surface area contributed by atoms with Gasteiger partial charge in [0.25, 0.3) is 5.91 Å². The second-order valence-electron chi connectivity index (χ2n) is 7.86. The van der Waals surface area contributed by atoms with Crippen molar-refractivity contribution in [1.29, 1.82) is 0 Å². The first-order valence-electron chi connectivity index (χ1n) is 10.7. The fourth-order valence-electron chi connectivity index (χ4n) is 3.58. The number of rotatable bonds is 7. The number of pyridine rings is 3. The topological polar surface area (TPSA) is 103 Å². The zero-order chi connectivity index (χ0) is 23.5. The number of imidazole rings is 1. The van der Waals surface area contributed by atoms with Crippen LogP contribution in [0.25, 0.3) is 16.9 Å². The van der Waals surface area contributed by atoms with Gasteiger partial charge in [-0.1, -0.05) is 5.16 Å². The van der Waals surface area contributed by atoms with Gasteiger partial charge in [0, 0.05) is 42.5 Å². The molecular weight excluding hydrogens is 439 g/mol. The van der Waals surface area contributed by atoms with Crippen molar-refractivity contribution < 1.29 is 18.8 Å². The maximum atomic E-state index is 13.2.